The highest BCUT2D eigenvalue weighted by Gasteiger charge is 2.15. The lowest BCUT2D eigenvalue weighted by atomic mass is 10.2. The summed E-state index contributed by atoms with van der Waals surface area (Å²) in [6, 6.07) is 2.08. The zero-order valence-electron chi connectivity index (χ0n) is 8.15. The van der Waals surface area contributed by atoms with Crippen molar-refractivity contribution < 1.29 is 0 Å². The Morgan fingerprint density at radius 1 is 1.60 bits per heavy atom. The molecule has 0 radical (unpaired) electrons. The molecular weight excluding hydrogens is 342 g/mol. The lowest BCUT2D eigenvalue weighted by Crippen LogP contribution is -2.46. The van der Waals surface area contributed by atoms with Crippen LogP contribution in [0.1, 0.15) is 12.0 Å². The summed E-state index contributed by atoms with van der Waals surface area (Å²) in [4.78, 5) is 6.43. The van der Waals surface area contributed by atoms with E-state index in [1.165, 1.54) is 12.0 Å². The second kappa shape index (κ2) is 5.86. The van der Waals surface area contributed by atoms with E-state index in [4.69, 9.17) is 5.73 Å². The van der Waals surface area contributed by atoms with E-state index in [1.54, 1.807) is 11.3 Å². The van der Waals surface area contributed by atoms with E-state index in [0.717, 1.165) is 16.9 Å². The van der Waals surface area contributed by atoms with Crippen LogP contribution in [-0.2, 0) is 6.54 Å². The topological polar surface area (TPSA) is 41.6 Å². The van der Waals surface area contributed by atoms with Gasteiger partial charge >= 0.3 is 0 Å². The van der Waals surface area contributed by atoms with Gasteiger partial charge in [-0.05, 0) is 39.4 Å². The summed E-state index contributed by atoms with van der Waals surface area (Å²) in [6.07, 6.45) is 1.24. The maximum Gasteiger partial charge on any atom is 0.191 e. The molecule has 2 N–H and O–H groups in total. The minimum Gasteiger partial charge on any atom is -0.370 e. The summed E-state index contributed by atoms with van der Waals surface area (Å²) >= 11 is 5.10. The first-order valence-electron chi connectivity index (χ1n) is 4.53. The van der Waals surface area contributed by atoms with Crippen molar-refractivity contribution in [3.05, 3.63) is 20.8 Å². The fourth-order valence-corrected chi connectivity index (χ4v) is 2.45. The maximum atomic E-state index is 5.80. The molecule has 1 aromatic rings. The normalized spacial score (nSPS) is 15.8. The van der Waals surface area contributed by atoms with E-state index in [1.807, 2.05) is 0 Å². The van der Waals surface area contributed by atoms with Crippen molar-refractivity contribution in [2.24, 2.45) is 10.7 Å². The van der Waals surface area contributed by atoms with Crippen LogP contribution in [0.15, 0.2) is 20.2 Å². The summed E-state index contributed by atoms with van der Waals surface area (Å²) < 4.78 is 1.14. The van der Waals surface area contributed by atoms with Crippen molar-refractivity contribution in [2.75, 3.05) is 13.1 Å². The van der Waals surface area contributed by atoms with E-state index in [2.05, 4.69) is 37.3 Å². The minimum atomic E-state index is 0. The Kier molecular flexibility index (Phi) is 5.08. The van der Waals surface area contributed by atoms with Gasteiger partial charge in [0.15, 0.2) is 5.96 Å². The van der Waals surface area contributed by atoms with Crippen LogP contribution in [0.5, 0.6) is 0 Å². The number of halogens is 2. The third-order valence-corrected chi connectivity index (χ3v) is 3.78. The van der Waals surface area contributed by atoms with Crippen molar-refractivity contribution in [2.45, 2.75) is 13.0 Å². The predicted octanol–water partition coefficient (Wildman–Crippen LogP) is 2.61. The van der Waals surface area contributed by atoms with E-state index in [9.17, 15) is 0 Å². The first-order chi connectivity index (χ1) is 6.75. The number of guanidine groups is 1. The summed E-state index contributed by atoms with van der Waals surface area (Å²) in [6.45, 7) is 2.80. The lowest BCUT2D eigenvalue weighted by Gasteiger charge is -2.31. The third kappa shape index (κ3) is 3.46. The SMILES string of the molecule is Br.NC(=NCc1csc(Br)c1)N1CCC1. The molecule has 0 unspecified atom stereocenters. The van der Waals surface area contributed by atoms with Gasteiger partial charge < -0.3 is 10.6 Å². The van der Waals surface area contributed by atoms with Crippen LogP contribution in [-0.4, -0.2) is 23.9 Å². The van der Waals surface area contributed by atoms with Gasteiger partial charge in [-0.2, -0.15) is 0 Å². The fraction of sp³-hybridized carbons (Fsp3) is 0.444. The predicted molar refractivity (Wildman–Crippen MR) is 73.9 cm³/mol. The van der Waals surface area contributed by atoms with Gasteiger partial charge in [0.25, 0.3) is 0 Å². The molecule has 1 aliphatic heterocycles. The van der Waals surface area contributed by atoms with E-state index < -0.39 is 0 Å². The minimum absolute atomic E-state index is 0. The first-order valence-corrected chi connectivity index (χ1v) is 6.21. The highest BCUT2D eigenvalue weighted by molar-refractivity contribution is 9.11. The Labute approximate surface area is 112 Å². The molecule has 0 aliphatic carbocycles. The first kappa shape index (κ1) is 13.0. The molecule has 1 fully saturated rings. The zero-order chi connectivity index (χ0) is 9.97. The van der Waals surface area contributed by atoms with Crippen molar-refractivity contribution in [1.29, 1.82) is 0 Å². The summed E-state index contributed by atoms with van der Waals surface area (Å²) in [5.41, 5.74) is 7.01. The molecule has 0 amide bonds. The number of likely N-dealkylation sites (tertiary alicyclic amines) is 1. The van der Waals surface area contributed by atoms with Gasteiger partial charge in [0.1, 0.15) is 0 Å². The molecule has 15 heavy (non-hydrogen) atoms. The molecule has 2 rings (SSSR count). The molecule has 3 nitrogen and oxygen atoms in total. The summed E-state index contributed by atoms with van der Waals surface area (Å²) in [5.74, 6) is 0.679. The van der Waals surface area contributed by atoms with Gasteiger partial charge in [0, 0.05) is 13.1 Å². The number of aliphatic imine (C=N–C) groups is 1. The lowest BCUT2D eigenvalue weighted by molar-refractivity contribution is 0.295. The molecule has 0 aromatic carbocycles. The highest BCUT2D eigenvalue weighted by Crippen LogP contribution is 2.21. The van der Waals surface area contributed by atoms with E-state index in [0.29, 0.717) is 12.5 Å². The second-order valence-electron chi connectivity index (χ2n) is 3.27. The Hall–Kier alpha value is -0.0700. The molecule has 0 atom stereocenters. The Bertz CT molecular complexity index is 347. The average Bonchev–Trinajstić information content (AvgIpc) is 2.45. The van der Waals surface area contributed by atoms with Gasteiger partial charge in [-0.1, -0.05) is 0 Å². The average molecular weight is 355 g/mol. The van der Waals surface area contributed by atoms with Crippen LogP contribution in [0.4, 0.5) is 0 Å². The van der Waals surface area contributed by atoms with Crippen LogP contribution in [0.2, 0.25) is 0 Å². The van der Waals surface area contributed by atoms with Gasteiger partial charge in [-0.25, -0.2) is 4.99 Å². The number of thiophene rings is 1. The molecule has 1 aliphatic rings. The number of rotatable bonds is 2. The molecule has 0 bridgehead atoms. The van der Waals surface area contributed by atoms with Crippen LogP contribution in [0.3, 0.4) is 0 Å². The molecule has 84 valence electrons. The van der Waals surface area contributed by atoms with Gasteiger partial charge in [-0.15, -0.1) is 28.3 Å². The van der Waals surface area contributed by atoms with Gasteiger partial charge in [0.05, 0.1) is 10.3 Å². The maximum absolute atomic E-state index is 5.80. The van der Waals surface area contributed by atoms with Crippen molar-refractivity contribution in [3.8, 4) is 0 Å². The largest absolute Gasteiger partial charge is 0.370 e. The van der Waals surface area contributed by atoms with Crippen LogP contribution >= 0.6 is 44.2 Å². The van der Waals surface area contributed by atoms with E-state index >= 15 is 0 Å². The van der Waals surface area contributed by atoms with Crippen LogP contribution in [0, 0.1) is 0 Å². The third-order valence-electron chi connectivity index (χ3n) is 2.23. The Balaban J connectivity index is 0.00000112. The molecule has 1 saturated heterocycles. The second-order valence-corrected chi connectivity index (χ2v) is 5.56. The van der Waals surface area contributed by atoms with Gasteiger partial charge in [-0.3, -0.25) is 0 Å². The molecule has 6 heteroatoms. The number of nitrogens with two attached hydrogens (primary N) is 1. The molecule has 0 spiro atoms. The van der Waals surface area contributed by atoms with Crippen molar-refractivity contribution >= 4 is 50.2 Å². The van der Waals surface area contributed by atoms with Crippen molar-refractivity contribution in [3.63, 3.8) is 0 Å². The Morgan fingerprint density at radius 3 is 2.80 bits per heavy atom. The Morgan fingerprint density at radius 2 is 2.33 bits per heavy atom. The summed E-state index contributed by atoms with van der Waals surface area (Å²) in [7, 11) is 0. The number of hydrogen-bond donors (Lipinski definition) is 1. The van der Waals surface area contributed by atoms with Crippen LogP contribution in [0.25, 0.3) is 0 Å². The molecule has 1 aromatic heterocycles. The van der Waals surface area contributed by atoms with Crippen molar-refractivity contribution in [1.82, 2.24) is 4.90 Å². The standard InChI is InChI=1S/C9H12BrN3S.BrH/c10-8-4-7(6-14-8)5-12-9(11)13-2-1-3-13;/h4,6H,1-3,5H2,(H2,11,12);1H. The monoisotopic (exact) mass is 353 g/mol. The number of hydrogen-bond acceptors (Lipinski definition) is 2. The summed E-state index contributed by atoms with van der Waals surface area (Å²) in [5, 5.41) is 2.09. The fourth-order valence-electron chi connectivity index (χ4n) is 1.25. The smallest absolute Gasteiger partial charge is 0.191 e. The van der Waals surface area contributed by atoms with Crippen LogP contribution < -0.4 is 5.73 Å². The molecule has 0 saturated carbocycles. The zero-order valence-corrected chi connectivity index (χ0v) is 12.3. The molecular formula is C9H13Br2N3S. The van der Waals surface area contributed by atoms with E-state index in [-0.39, 0.29) is 17.0 Å². The number of nitrogens with zero attached hydrogens (tertiary/aromatic N) is 2. The van der Waals surface area contributed by atoms with Gasteiger partial charge in [0.2, 0.25) is 0 Å². The highest BCUT2D eigenvalue weighted by atomic mass is 79.9. The quantitative estimate of drug-likeness (QED) is 0.655. The molecule has 2 heterocycles.